The van der Waals surface area contributed by atoms with Crippen molar-refractivity contribution in [3.63, 3.8) is 0 Å². The molecule has 236 valence electrons. The van der Waals surface area contributed by atoms with E-state index >= 15 is 0 Å². The van der Waals surface area contributed by atoms with Crippen LogP contribution < -0.4 is 11.2 Å². The van der Waals surface area contributed by atoms with Gasteiger partial charge in [-0.3, -0.25) is 13.9 Å². The summed E-state index contributed by atoms with van der Waals surface area (Å²) in [5, 5.41) is 0. The van der Waals surface area contributed by atoms with Gasteiger partial charge in [0.1, 0.15) is 13.1 Å². The predicted molar refractivity (Wildman–Crippen MR) is 180 cm³/mol. The highest BCUT2D eigenvalue weighted by atomic mass is 16.2. The molecule has 6 heteroatoms. The fourth-order valence-electron chi connectivity index (χ4n) is 6.62. The molecule has 0 amide bonds. The van der Waals surface area contributed by atoms with Crippen LogP contribution in [0, 0.1) is 6.92 Å². The first kappa shape index (κ1) is 34.5. The van der Waals surface area contributed by atoms with Crippen LogP contribution >= 0.6 is 0 Å². The molecule has 0 bridgehead atoms. The molecule has 0 N–H and O–H groups in total. The van der Waals surface area contributed by atoms with Gasteiger partial charge >= 0.3 is 5.69 Å². The van der Waals surface area contributed by atoms with Crippen molar-refractivity contribution < 1.29 is 8.97 Å². The fourth-order valence-corrected chi connectivity index (χ4v) is 6.62. The number of rotatable bonds is 20. The van der Waals surface area contributed by atoms with Crippen molar-refractivity contribution in [2.45, 2.75) is 99.3 Å². The van der Waals surface area contributed by atoms with E-state index in [1.807, 2.05) is 11.5 Å². The number of unbranched alkanes of at least 4 members (excludes halogenated alkanes) is 4. The minimum Gasteiger partial charge on any atom is -0.320 e. The van der Waals surface area contributed by atoms with Crippen LogP contribution in [0.4, 0.5) is 0 Å². The van der Waals surface area contributed by atoms with Crippen LogP contribution in [0.2, 0.25) is 0 Å². The largest absolute Gasteiger partial charge is 0.331 e. The summed E-state index contributed by atoms with van der Waals surface area (Å²) in [6.45, 7) is 21.1. The Morgan fingerprint density at radius 1 is 0.558 bits per heavy atom. The second kappa shape index (κ2) is 17.4. The highest BCUT2D eigenvalue weighted by Crippen LogP contribution is 2.18. The molecule has 0 spiro atoms. The fraction of sp³-hybridized carbons (Fsp3) is 0.568. The van der Waals surface area contributed by atoms with Crippen LogP contribution in [0.1, 0.15) is 83.0 Å². The molecule has 6 nitrogen and oxygen atoms in total. The van der Waals surface area contributed by atoms with Crippen molar-refractivity contribution in [1.29, 1.82) is 0 Å². The average molecular weight is 591 g/mol. The standard InChI is InChI=1S/C37H58N4O2/c1-6-40(7-2,31-34-22-14-10-15-23-34)28-20-12-18-26-38-33(5)30-36(42)39(37(38)43)27-19-13-21-29-41(8-3,9-4)32-35-24-16-11-17-25-35/h10-11,14-17,22-25,30H,6-9,12-13,18-21,26-29,31-32H2,1-5H3/q+2. The summed E-state index contributed by atoms with van der Waals surface area (Å²) in [4.78, 5) is 26.1. The lowest BCUT2D eigenvalue weighted by molar-refractivity contribution is -0.938. The zero-order chi connectivity index (χ0) is 31.1. The zero-order valence-corrected chi connectivity index (χ0v) is 27.8. The number of aromatic nitrogens is 2. The van der Waals surface area contributed by atoms with Gasteiger partial charge in [-0.2, -0.15) is 0 Å². The minimum absolute atomic E-state index is 0.141. The normalized spacial score (nSPS) is 12.1. The average Bonchev–Trinajstić information content (AvgIpc) is 3.03. The van der Waals surface area contributed by atoms with Gasteiger partial charge in [-0.15, -0.1) is 0 Å². The lowest BCUT2D eigenvalue weighted by atomic mass is 10.1. The van der Waals surface area contributed by atoms with Gasteiger partial charge in [-0.25, -0.2) is 4.79 Å². The van der Waals surface area contributed by atoms with E-state index in [2.05, 4.69) is 88.4 Å². The molecule has 2 aromatic carbocycles. The van der Waals surface area contributed by atoms with Crippen molar-refractivity contribution in [2.75, 3.05) is 39.3 Å². The Balaban J connectivity index is 1.50. The van der Waals surface area contributed by atoms with E-state index in [-0.39, 0.29) is 11.2 Å². The third-order valence-electron chi connectivity index (χ3n) is 9.92. The summed E-state index contributed by atoms with van der Waals surface area (Å²) >= 11 is 0. The van der Waals surface area contributed by atoms with Gasteiger partial charge < -0.3 is 8.97 Å². The highest BCUT2D eigenvalue weighted by Gasteiger charge is 2.24. The summed E-state index contributed by atoms with van der Waals surface area (Å²) in [6, 6.07) is 23.2. The second-order valence-electron chi connectivity index (χ2n) is 12.5. The van der Waals surface area contributed by atoms with Gasteiger partial charge in [0.2, 0.25) is 0 Å². The maximum absolute atomic E-state index is 13.4. The molecule has 0 radical (unpaired) electrons. The summed E-state index contributed by atoms with van der Waals surface area (Å²) in [5.41, 5.74) is 3.26. The van der Waals surface area contributed by atoms with Crippen LogP contribution in [-0.2, 0) is 26.2 Å². The molecule has 0 aliphatic heterocycles. The minimum atomic E-state index is -0.163. The molecule has 0 fully saturated rings. The number of benzene rings is 2. The van der Waals surface area contributed by atoms with Gasteiger partial charge in [0.15, 0.2) is 0 Å². The molecule has 1 aromatic heterocycles. The smallest absolute Gasteiger partial charge is 0.320 e. The molecule has 3 rings (SSSR count). The number of hydrogen-bond donors (Lipinski definition) is 0. The van der Waals surface area contributed by atoms with Crippen LogP contribution in [0.5, 0.6) is 0 Å². The van der Waals surface area contributed by atoms with Crippen molar-refractivity contribution >= 4 is 0 Å². The second-order valence-corrected chi connectivity index (χ2v) is 12.5. The first-order chi connectivity index (χ1) is 20.8. The van der Waals surface area contributed by atoms with E-state index in [1.165, 1.54) is 15.7 Å². The molecular formula is C37H58N4O2+2. The van der Waals surface area contributed by atoms with Crippen molar-refractivity contribution in [3.8, 4) is 0 Å². The first-order valence-electron chi connectivity index (χ1n) is 16.9. The topological polar surface area (TPSA) is 44.0 Å². The van der Waals surface area contributed by atoms with E-state index < -0.39 is 0 Å². The van der Waals surface area contributed by atoms with E-state index in [9.17, 15) is 9.59 Å². The van der Waals surface area contributed by atoms with E-state index in [4.69, 9.17) is 0 Å². The highest BCUT2D eigenvalue weighted by molar-refractivity contribution is 5.14. The lowest BCUT2D eigenvalue weighted by Crippen LogP contribution is -2.47. The molecule has 0 aliphatic carbocycles. The van der Waals surface area contributed by atoms with Gasteiger partial charge in [-0.1, -0.05) is 60.7 Å². The Kier molecular flexibility index (Phi) is 13.9. The lowest BCUT2D eigenvalue weighted by Gasteiger charge is -2.37. The summed E-state index contributed by atoms with van der Waals surface area (Å²) < 4.78 is 5.46. The third kappa shape index (κ3) is 10.0. The van der Waals surface area contributed by atoms with Gasteiger partial charge in [0.05, 0.1) is 39.3 Å². The van der Waals surface area contributed by atoms with E-state index in [0.717, 1.165) is 106 Å². The molecule has 0 aliphatic rings. The molecule has 0 saturated heterocycles. The summed E-state index contributed by atoms with van der Waals surface area (Å²) in [5.74, 6) is 0. The Bertz CT molecular complexity index is 1320. The van der Waals surface area contributed by atoms with Crippen LogP contribution in [0.15, 0.2) is 76.3 Å². The number of aryl methyl sites for hydroxylation is 1. The summed E-state index contributed by atoms with van der Waals surface area (Å²) in [6.07, 6.45) is 6.15. The van der Waals surface area contributed by atoms with Crippen LogP contribution in [-0.4, -0.2) is 57.4 Å². The van der Waals surface area contributed by atoms with E-state index in [1.54, 1.807) is 6.07 Å². The molecule has 43 heavy (non-hydrogen) atoms. The SMILES string of the molecule is CC[N+](CC)(CCCCCn1c(C)cc(=O)n(CCCCC[N+](CC)(CC)Cc2ccccc2)c1=O)Cc1ccccc1. The number of hydrogen-bond acceptors (Lipinski definition) is 2. The van der Waals surface area contributed by atoms with E-state index in [0.29, 0.717) is 13.1 Å². The van der Waals surface area contributed by atoms with Crippen LogP contribution in [0.3, 0.4) is 0 Å². The monoisotopic (exact) mass is 590 g/mol. The molecule has 0 unspecified atom stereocenters. The number of quaternary nitrogens is 2. The maximum atomic E-state index is 13.4. The third-order valence-corrected chi connectivity index (χ3v) is 9.92. The van der Waals surface area contributed by atoms with Gasteiger partial charge in [0, 0.05) is 36.0 Å². The molecule has 3 aromatic rings. The molecule has 1 heterocycles. The van der Waals surface area contributed by atoms with Crippen molar-refractivity contribution in [1.82, 2.24) is 9.13 Å². The zero-order valence-electron chi connectivity index (χ0n) is 27.8. The van der Waals surface area contributed by atoms with Crippen molar-refractivity contribution in [2.24, 2.45) is 0 Å². The molecule has 0 atom stereocenters. The van der Waals surface area contributed by atoms with Crippen molar-refractivity contribution in [3.05, 3.63) is 104 Å². The van der Waals surface area contributed by atoms with Gasteiger partial charge in [0.25, 0.3) is 5.56 Å². The first-order valence-corrected chi connectivity index (χ1v) is 16.9. The Morgan fingerprint density at radius 2 is 0.977 bits per heavy atom. The van der Waals surface area contributed by atoms with Gasteiger partial charge in [-0.05, 0) is 73.1 Å². The Hall–Kier alpha value is -2.96. The maximum Gasteiger partial charge on any atom is 0.331 e. The van der Waals surface area contributed by atoms with Crippen LogP contribution in [0.25, 0.3) is 0 Å². The number of nitrogens with zero attached hydrogens (tertiary/aromatic N) is 4. The molecule has 0 saturated carbocycles. The Labute approximate surface area is 260 Å². The predicted octanol–water partition coefficient (Wildman–Crippen LogP) is 6.77. The summed E-state index contributed by atoms with van der Waals surface area (Å²) in [7, 11) is 0. The quantitative estimate of drug-likeness (QED) is 0.108. The molecular weight excluding hydrogens is 532 g/mol. The Morgan fingerprint density at radius 3 is 1.40 bits per heavy atom.